The van der Waals surface area contributed by atoms with E-state index in [1.807, 2.05) is 0 Å². The second-order valence-electron chi connectivity index (χ2n) is 2.35. The van der Waals surface area contributed by atoms with Gasteiger partial charge in [0, 0.05) is 0 Å². The highest BCUT2D eigenvalue weighted by atomic mass is 28.4. The quantitative estimate of drug-likeness (QED) is 0.358. The fourth-order valence-electron chi connectivity index (χ4n) is 0.649. The highest BCUT2D eigenvalue weighted by Gasteiger charge is 2.40. The zero-order valence-corrected chi connectivity index (χ0v) is 9.71. The van der Waals surface area contributed by atoms with Crippen LogP contribution in [-0.2, 0) is 18.5 Å². The summed E-state index contributed by atoms with van der Waals surface area (Å²) in [6.07, 6.45) is 3.52. The van der Waals surface area contributed by atoms with Crippen molar-refractivity contribution in [3.63, 3.8) is 0 Å². The molecule has 14 heavy (non-hydrogen) atoms. The standard InChI is InChI=1S/C5H7N3O4Si2/c1-13(2)12-14(6-3-9,7-4-10)8-5-11/h13H,1-2H3. The third-order valence-electron chi connectivity index (χ3n) is 0.968. The Hall–Kier alpha value is -1.47. The van der Waals surface area contributed by atoms with Crippen LogP contribution in [0.5, 0.6) is 0 Å². The molecule has 0 aliphatic heterocycles. The molecule has 74 valence electrons. The van der Waals surface area contributed by atoms with Gasteiger partial charge in [0.1, 0.15) is 0 Å². The van der Waals surface area contributed by atoms with Crippen molar-refractivity contribution in [1.82, 2.24) is 0 Å². The van der Waals surface area contributed by atoms with Gasteiger partial charge in [-0.1, -0.05) is 0 Å². The van der Waals surface area contributed by atoms with Crippen LogP contribution in [0.4, 0.5) is 0 Å². The Bertz CT molecular complexity index is 293. The number of rotatable bonds is 5. The highest BCUT2D eigenvalue weighted by Crippen LogP contribution is 2.10. The lowest BCUT2D eigenvalue weighted by atomic mass is 11.7. The van der Waals surface area contributed by atoms with Crippen LogP contribution in [0.2, 0.25) is 13.1 Å². The number of isocyanates is 3. The SMILES string of the molecule is C[SiH](C)O[Si](N=C=O)(N=C=O)N=C=O. The molecular formula is C5H7N3O4Si2. The van der Waals surface area contributed by atoms with Crippen LogP contribution in [0.15, 0.2) is 14.0 Å². The normalized spacial score (nSPS) is 13.1. The van der Waals surface area contributed by atoms with Crippen molar-refractivity contribution in [3.8, 4) is 0 Å². The summed E-state index contributed by atoms with van der Waals surface area (Å²) in [5, 5.41) is 0. The first kappa shape index (κ1) is 12.5. The Kier molecular flexibility index (Phi) is 5.42. The second kappa shape index (κ2) is 6.06. The average Bonchev–Trinajstić information content (AvgIpc) is 2.03. The van der Waals surface area contributed by atoms with Gasteiger partial charge in [-0.15, -0.1) is 0 Å². The van der Waals surface area contributed by atoms with Crippen LogP contribution >= 0.6 is 0 Å². The molecule has 0 fully saturated rings. The molecule has 0 saturated heterocycles. The summed E-state index contributed by atoms with van der Waals surface area (Å²) >= 11 is 0. The Morgan fingerprint density at radius 3 is 1.57 bits per heavy atom. The molecule has 0 atom stereocenters. The summed E-state index contributed by atoms with van der Waals surface area (Å²) in [6, 6.07) is 0. The number of hydrogen-bond acceptors (Lipinski definition) is 7. The predicted molar refractivity (Wildman–Crippen MR) is 50.1 cm³/mol. The molecule has 0 saturated carbocycles. The molecule has 0 unspecified atom stereocenters. The Morgan fingerprint density at radius 2 is 1.36 bits per heavy atom. The molecule has 0 rings (SSSR count). The van der Waals surface area contributed by atoms with E-state index in [-0.39, 0.29) is 0 Å². The van der Waals surface area contributed by atoms with Crippen LogP contribution in [0.1, 0.15) is 0 Å². The molecule has 0 spiro atoms. The van der Waals surface area contributed by atoms with Crippen LogP contribution in [0, 0.1) is 0 Å². The lowest BCUT2D eigenvalue weighted by Crippen LogP contribution is -2.37. The number of carbonyl (C=O) groups excluding carboxylic acids is 3. The van der Waals surface area contributed by atoms with E-state index in [1.54, 1.807) is 13.1 Å². The lowest BCUT2D eigenvalue weighted by Gasteiger charge is -2.13. The first-order valence-electron chi connectivity index (χ1n) is 3.55. The molecule has 0 N–H and O–H groups in total. The van der Waals surface area contributed by atoms with E-state index in [0.717, 1.165) is 0 Å². The van der Waals surface area contributed by atoms with Crippen LogP contribution in [0.3, 0.4) is 0 Å². The van der Waals surface area contributed by atoms with E-state index < -0.39 is 17.8 Å². The maximum Gasteiger partial charge on any atom is 0.623 e. The van der Waals surface area contributed by atoms with Crippen molar-refractivity contribution < 1.29 is 18.5 Å². The summed E-state index contributed by atoms with van der Waals surface area (Å²) in [5.74, 6) is 0. The summed E-state index contributed by atoms with van der Waals surface area (Å²) in [7, 11) is -5.34. The smallest absolute Gasteiger partial charge is 0.408 e. The minimum Gasteiger partial charge on any atom is -0.408 e. The zero-order valence-electron chi connectivity index (χ0n) is 7.55. The molecule has 9 heteroatoms. The van der Waals surface area contributed by atoms with E-state index >= 15 is 0 Å². The van der Waals surface area contributed by atoms with Crippen molar-refractivity contribution in [2.24, 2.45) is 14.0 Å². The second-order valence-corrected chi connectivity index (χ2v) is 7.21. The van der Waals surface area contributed by atoms with Gasteiger partial charge in [-0.25, -0.2) is 14.4 Å². The Labute approximate surface area is 82.3 Å². The summed E-state index contributed by atoms with van der Waals surface area (Å²) in [4.78, 5) is 30.2. The van der Waals surface area contributed by atoms with Crippen molar-refractivity contribution >= 4 is 36.1 Å². The molecule has 0 bridgehead atoms. The van der Waals surface area contributed by atoms with Crippen LogP contribution in [-0.4, -0.2) is 36.1 Å². The van der Waals surface area contributed by atoms with Gasteiger partial charge in [0.15, 0.2) is 9.04 Å². The minimum absolute atomic E-state index is 1.17. The van der Waals surface area contributed by atoms with E-state index in [0.29, 0.717) is 0 Å². The Balaban J connectivity index is 5.22. The average molecular weight is 229 g/mol. The molecule has 0 amide bonds. The largest absolute Gasteiger partial charge is 0.623 e. The van der Waals surface area contributed by atoms with Gasteiger partial charge in [-0.3, -0.25) is 0 Å². The van der Waals surface area contributed by atoms with Gasteiger partial charge in [-0.05, 0) is 13.1 Å². The van der Waals surface area contributed by atoms with Crippen LogP contribution < -0.4 is 0 Å². The highest BCUT2D eigenvalue weighted by molar-refractivity contribution is 6.77. The molecule has 0 aliphatic carbocycles. The van der Waals surface area contributed by atoms with Crippen molar-refractivity contribution in [1.29, 1.82) is 0 Å². The number of hydrogen-bond donors (Lipinski definition) is 0. The van der Waals surface area contributed by atoms with E-state index in [1.165, 1.54) is 18.2 Å². The molecule has 0 aromatic carbocycles. The van der Waals surface area contributed by atoms with Gasteiger partial charge in [-0.2, -0.15) is 14.0 Å². The summed E-state index contributed by atoms with van der Waals surface area (Å²) < 4.78 is 14.6. The van der Waals surface area contributed by atoms with Crippen molar-refractivity contribution in [2.75, 3.05) is 0 Å². The number of nitrogens with zero attached hydrogens (tertiary/aromatic N) is 3. The molecule has 0 aromatic heterocycles. The monoisotopic (exact) mass is 229 g/mol. The maximum atomic E-state index is 10.1. The third-order valence-corrected chi connectivity index (χ3v) is 5.27. The third kappa shape index (κ3) is 3.97. The van der Waals surface area contributed by atoms with Gasteiger partial charge < -0.3 is 4.12 Å². The zero-order chi connectivity index (χ0) is 11.0. The fourth-order valence-corrected chi connectivity index (χ4v) is 4.32. The van der Waals surface area contributed by atoms with Crippen molar-refractivity contribution in [2.45, 2.75) is 13.1 Å². The summed E-state index contributed by atoms with van der Waals surface area (Å²) in [6.45, 7) is 3.51. The first-order valence-corrected chi connectivity index (χ1v) is 8.08. The van der Waals surface area contributed by atoms with E-state index in [2.05, 4.69) is 14.0 Å². The fraction of sp³-hybridized carbons (Fsp3) is 0.400. The van der Waals surface area contributed by atoms with Crippen molar-refractivity contribution in [3.05, 3.63) is 0 Å². The van der Waals surface area contributed by atoms with E-state index in [9.17, 15) is 14.4 Å². The first-order chi connectivity index (χ1) is 6.60. The molecule has 0 radical (unpaired) electrons. The molecular weight excluding hydrogens is 222 g/mol. The molecule has 0 heterocycles. The van der Waals surface area contributed by atoms with Crippen LogP contribution in [0.25, 0.3) is 0 Å². The van der Waals surface area contributed by atoms with Gasteiger partial charge in [0.2, 0.25) is 18.2 Å². The van der Waals surface area contributed by atoms with Gasteiger partial charge in [0.25, 0.3) is 0 Å². The molecule has 0 aromatic rings. The van der Waals surface area contributed by atoms with Gasteiger partial charge in [0.05, 0.1) is 0 Å². The van der Waals surface area contributed by atoms with E-state index in [4.69, 9.17) is 4.12 Å². The minimum atomic E-state index is -3.69. The predicted octanol–water partition coefficient (Wildman–Crippen LogP) is -0.571. The molecule has 7 nitrogen and oxygen atoms in total. The summed E-state index contributed by atoms with van der Waals surface area (Å²) in [5.41, 5.74) is 0. The topological polar surface area (TPSA) is 97.5 Å². The van der Waals surface area contributed by atoms with Gasteiger partial charge >= 0.3 is 8.80 Å². The maximum absolute atomic E-state index is 10.1. The Morgan fingerprint density at radius 1 is 1.00 bits per heavy atom. The molecule has 0 aliphatic rings. The lowest BCUT2D eigenvalue weighted by molar-refractivity contribution is 0.539.